The van der Waals surface area contributed by atoms with Gasteiger partial charge < -0.3 is 9.47 Å². The average molecular weight is 254 g/mol. The summed E-state index contributed by atoms with van der Waals surface area (Å²) < 4.78 is 9.27. The number of carbonyl (C=O) groups excluding carboxylic acids is 2. The van der Waals surface area contributed by atoms with Crippen LogP contribution in [0.4, 0.5) is 0 Å². The molecule has 0 unspecified atom stereocenters. The van der Waals surface area contributed by atoms with Crippen LogP contribution in [0.25, 0.3) is 0 Å². The fourth-order valence-electron chi connectivity index (χ4n) is 1.32. The number of carbonyl (C=O) groups is 2. The van der Waals surface area contributed by atoms with E-state index in [0.29, 0.717) is 11.1 Å². The second-order valence-corrected chi connectivity index (χ2v) is 4.50. The summed E-state index contributed by atoms with van der Waals surface area (Å²) in [5.74, 6) is -0.0759. The first-order valence-corrected chi connectivity index (χ1v) is 6.05. The van der Waals surface area contributed by atoms with Crippen molar-refractivity contribution in [2.75, 3.05) is 20.0 Å². The highest BCUT2D eigenvalue weighted by Gasteiger charge is 2.13. The van der Waals surface area contributed by atoms with E-state index in [-0.39, 0.29) is 0 Å². The van der Waals surface area contributed by atoms with Gasteiger partial charge >= 0.3 is 11.9 Å². The number of thioether (sulfide) groups is 1. The van der Waals surface area contributed by atoms with Crippen LogP contribution in [0.5, 0.6) is 0 Å². The van der Waals surface area contributed by atoms with Crippen molar-refractivity contribution < 1.29 is 19.1 Å². The van der Waals surface area contributed by atoms with Gasteiger partial charge in [0, 0.05) is 4.90 Å². The summed E-state index contributed by atoms with van der Waals surface area (Å²) in [6.45, 7) is 1.99. The molecule has 0 heterocycles. The summed E-state index contributed by atoms with van der Waals surface area (Å²) in [6, 6.07) is 4.87. The number of benzene rings is 1. The predicted octanol–water partition coefficient (Wildman–Crippen LogP) is 2.37. The normalized spacial score (nSPS) is 9.82. The van der Waals surface area contributed by atoms with Gasteiger partial charge in [0.1, 0.15) is 0 Å². The van der Waals surface area contributed by atoms with Crippen molar-refractivity contribution in [3.8, 4) is 0 Å². The largest absolute Gasteiger partial charge is 0.465 e. The van der Waals surface area contributed by atoms with Crippen LogP contribution in [0.2, 0.25) is 0 Å². The van der Waals surface area contributed by atoms with Crippen LogP contribution in [0.1, 0.15) is 27.6 Å². The Kier molecular flexibility index (Phi) is 5.03. The smallest absolute Gasteiger partial charge is 0.337 e. The highest BCUT2D eigenvalue weighted by atomic mass is 32.2. The van der Waals surface area contributed by atoms with Crippen molar-refractivity contribution in [2.24, 2.45) is 0 Å². The molecule has 0 saturated heterocycles. The van der Waals surface area contributed by atoms with Crippen LogP contribution in [-0.2, 0) is 9.47 Å². The molecule has 17 heavy (non-hydrogen) atoms. The van der Waals surface area contributed by atoms with E-state index in [9.17, 15) is 9.59 Å². The van der Waals surface area contributed by atoms with Crippen LogP contribution in [0, 0.1) is 0 Å². The lowest BCUT2D eigenvalue weighted by atomic mass is 10.1. The third-order valence-corrected chi connectivity index (χ3v) is 2.92. The highest BCUT2D eigenvalue weighted by Crippen LogP contribution is 2.22. The Morgan fingerprint density at radius 3 is 1.88 bits per heavy atom. The lowest BCUT2D eigenvalue weighted by Crippen LogP contribution is -2.06. The molecule has 0 N–H and O–H groups in total. The second kappa shape index (κ2) is 6.30. The minimum absolute atomic E-state index is 0.353. The second-order valence-electron chi connectivity index (χ2n) is 3.16. The molecule has 1 aromatic rings. The Hall–Kier alpha value is -1.49. The summed E-state index contributed by atoms with van der Waals surface area (Å²) in [7, 11) is 2.61. The molecule has 0 aromatic heterocycles. The number of rotatable bonds is 4. The van der Waals surface area contributed by atoms with Gasteiger partial charge in [0.2, 0.25) is 0 Å². The van der Waals surface area contributed by atoms with E-state index in [0.717, 1.165) is 10.6 Å². The van der Waals surface area contributed by atoms with Crippen molar-refractivity contribution in [3.63, 3.8) is 0 Å². The van der Waals surface area contributed by atoms with Gasteiger partial charge in [0.15, 0.2) is 0 Å². The van der Waals surface area contributed by atoms with Gasteiger partial charge in [-0.15, -0.1) is 11.8 Å². The zero-order valence-corrected chi connectivity index (χ0v) is 10.8. The van der Waals surface area contributed by atoms with Crippen LogP contribution in [0.3, 0.4) is 0 Å². The molecule has 0 fully saturated rings. The minimum Gasteiger partial charge on any atom is -0.465 e. The maximum absolute atomic E-state index is 11.4. The molecular formula is C12H14O4S. The van der Waals surface area contributed by atoms with E-state index in [1.54, 1.807) is 23.9 Å². The summed E-state index contributed by atoms with van der Waals surface area (Å²) in [5, 5.41) is 0. The molecule has 1 rings (SSSR count). The monoisotopic (exact) mass is 254 g/mol. The third-order valence-electron chi connectivity index (χ3n) is 2.06. The third kappa shape index (κ3) is 3.49. The molecule has 0 atom stereocenters. The quantitative estimate of drug-likeness (QED) is 0.610. The Balaban J connectivity index is 3.18. The van der Waals surface area contributed by atoms with E-state index in [4.69, 9.17) is 0 Å². The topological polar surface area (TPSA) is 52.6 Å². The van der Waals surface area contributed by atoms with Gasteiger partial charge in [-0.3, -0.25) is 0 Å². The van der Waals surface area contributed by atoms with E-state index in [2.05, 4.69) is 9.47 Å². The average Bonchev–Trinajstić information content (AvgIpc) is 2.36. The van der Waals surface area contributed by atoms with Crippen molar-refractivity contribution in [2.45, 2.75) is 11.8 Å². The first-order chi connectivity index (χ1) is 8.12. The fourth-order valence-corrected chi connectivity index (χ4v) is 2.07. The van der Waals surface area contributed by atoms with Crippen LogP contribution < -0.4 is 0 Å². The zero-order chi connectivity index (χ0) is 12.8. The maximum atomic E-state index is 11.4. The number of hydrogen-bond donors (Lipinski definition) is 0. The molecule has 0 aliphatic heterocycles. The Labute approximate surface area is 104 Å². The molecule has 5 heteroatoms. The Morgan fingerprint density at radius 1 is 1.06 bits per heavy atom. The molecule has 0 bridgehead atoms. The number of hydrogen-bond acceptors (Lipinski definition) is 5. The minimum atomic E-state index is -0.464. The molecule has 0 spiro atoms. The standard InChI is InChI=1S/C12H14O4S/c1-4-17-10-6-8(11(13)15-2)5-9(7-10)12(14)16-3/h5-7H,4H2,1-3H3. The summed E-state index contributed by atoms with van der Waals surface area (Å²) in [4.78, 5) is 23.7. The van der Waals surface area contributed by atoms with E-state index in [1.807, 2.05) is 6.92 Å². The molecular weight excluding hydrogens is 240 g/mol. The molecule has 4 nitrogen and oxygen atoms in total. The molecule has 0 aliphatic carbocycles. The summed E-state index contributed by atoms with van der Waals surface area (Å²) in [5.41, 5.74) is 0.706. The van der Waals surface area contributed by atoms with Crippen molar-refractivity contribution in [1.82, 2.24) is 0 Å². The number of esters is 2. The SMILES string of the molecule is CCSc1cc(C(=O)OC)cc(C(=O)OC)c1. The van der Waals surface area contributed by atoms with E-state index < -0.39 is 11.9 Å². The van der Waals surface area contributed by atoms with Crippen molar-refractivity contribution in [1.29, 1.82) is 0 Å². The lowest BCUT2D eigenvalue weighted by molar-refractivity contribution is 0.0598. The molecule has 0 aliphatic rings. The number of ether oxygens (including phenoxy) is 2. The highest BCUT2D eigenvalue weighted by molar-refractivity contribution is 7.99. The molecule has 0 saturated carbocycles. The van der Waals surface area contributed by atoms with Crippen LogP contribution >= 0.6 is 11.8 Å². The van der Waals surface area contributed by atoms with Gasteiger partial charge in [-0.1, -0.05) is 6.92 Å². The molecule has 1 aromatic carbocycles. The van der Waals surface area contributed by atoms with Crippen LogP contribution in [0.15, 0.2) is 23.1 Å². The lowest BCUT2D eigenvalue weighted by Gasteiger charge is -2.06. The fraction of sp³-hybridized carbons (Fsp3) is 0.333. The van der Waals surface area contributed by atoms with Gasteiger partial charge in [-0.25, -0.2) is 9.59 Å². The number of methoxy groups -OCH3 is 2. The van der Waals surface area contributed by atoms with Gasteiger partial charge in [0.05, 0.1) is 25.3 Å². The van der Waals surface area contributed by atoms with Crippen molar-refractivity contribution >= 4 is 23.7 Å². The van der Waals surface area contributed by atoms with Gasteiger partial charge in [-0.05, 0) is 24.0 Å². The van der Waals surface area contributed by atoms with E-state index in [1.165, 1.54) is 20.3 Å². The van der Waals surface area contributed by atoms with Crippen LogP contribution in [-0.4, -0.2) is 31.9 Å². The Morgan fingerprint density at radius 2 is 1.53 bits per heavy atom. The molecule has 0 amide bonds. The van der Waals surface area contributed by atoms with Gasteiger partial charge in [0.25, 0.3) is 0 Å². The Bertz CT molecular complexity index is 394. The predicted molar refractivity (Wildman–Crippen MR) is 65.5 cm³/mol. The first kappa shape index (κ1) is 13.6. The van der Waals surface area contributed by atoms with Crippen molar-refractivity contribution in [3.05, 3.63) is 29.3 Å². The summed E-state index contributed by atoms with van der Waals surface area (Å²) >= 11 is 1.54. The zero-order valence-electron chi connectivity index (χ0n) is 9.98. The first-order valence-electron chi connectivity index (χ1n) is 5.06. The maximum Gasteiger partial charge on any atom is 0.337 e. The van der Waals surface area contributed by atoms with E-state index >= 15 is 0 Å². The molecule has 0 radical (unpaired) electrons. The van der Waals surface area contributed by atoms with Gasteiger partial charge in [-0.2, -0.15) is 0 Å². The summed E-state index contributed by atoms with van der Waals surface area (Å²) in [6.07, 6.45) is 0. The molecule has 92 valence electrons.